The molecule has 5 nitrogen and oxygen atoms in total. The molecule has 1 aliphatic heterocycles. The number of nitrogens with zero attached hydrogens (tertiary/aromatic N) is 4. The molecule has 1 fully saturated rings. The molecule has 5 heteroatoms. The number of hydrogen-bond acceptors (Lipinski definition) is 4. The second kappa shape index (κ2) is 5.77. The Kier molecular flexibility index (Phi) is 3.48. The first-order chi connectivity index (χ1) is 10.9. The fourth-order valence-electron chi connectivity index (χ4n) is 3.06. The van der Waals surface area contributed by atoms with Crippen molar-refractivity contribution in [1.82, 2.24) is 19.9 Å². The first-order valence-corrected chi connectivity index (χ1v) is 7.69. The Morgan fingerprint density at radius 3 is 2.64 bits per heavy atom. The molecular formula is C17H19N5. The lowest BCUT2D eigenvalue weighted by atomic mass is 10.2. The van der Waals surface area contributed by atoms with Crippen LogP contribution in [0.2, 0.25) is 0 Å². The van der Waals surface area contributed by atoms with Crippen LogP contribution in [0, 0.1) is 0 Å². The highest BCUT2D eigenvalue weighted by atomic mass is 15.3. The van der Waals surface area contributed by atoms with Crippen LogP contribution in [-0.2, 0) is 6.54 Å². The van der Waals surface area contributed by atoms with Crippen LogP contribution in [0.25, 0.3) is 11.0 Å². The Balaban J connectivity index is 1.42. The molecule has 4 rings (SSSR count). The molecule has 1 saturated heterocycles. The molecule has 0 saturated carbocycles. The summed E-state index contributed by atoms with van der Waals surface area (Å²) in [6.45, 7) is 5.14. The van der Waals surface area contributed by atoms with E-state index in [4.69, 9.17) is 0 Å². The molecule has 1 aliphatic rings. The minimum absolute atomic E-state index is 0.974. The van der Waals surface area contributed by atoms with Crippen LogP contribution >= 0.6 is 0 Å². The number of rotatable bonds is 3. The fraction of sp³-hybridized carbons (Fsp3) is 0.294. The van der Waals surface area contributed by atoms with E-state index in [1.807, 2.05) is 30.6 Å². The van der Waals surface area contributed by atoms with E-state index in [-0.39, 0.29) is 0 Å². The minimum Gasteiger partial charge on any atom is -0.354 e. The van der Waals surface area contributed by atoms with E-state index in [9.17, 15) is 0 Å². The topological polar surface area (TPSA) is 48.0 Å². The van der Waals surface area contributed by atoms with E-state index in [2.05, 4.69) is 43.1 Å². The van der Waals surface area contributed by atoms with Gasteiger partial charge in [0, 0.05) is 56.7 Å². The van der Waals surface area contributed by atoms with Crippen LogP contribution in [0.3, 0.4) is 0 Å². The zero-order chi connectivity index (χ0) is 14.8. The molecule has 3 aromatic heterocycles. The van der Waals surface area contributed by atoms with Crippen molar-refractivity contribution < 1.29 is 0 Å². The predicted molar refractivity (Wildman–Crippen MR) is 87.8 cm³/mol. The molecular weight excluding hydrogens is 274 g/mol. The second-order valence-corrected chi connectivity index (χ2v) is 5.66. The van der Waals surface area contributed by atoms with Crippen LogP contribution in [-0.4, -0.2) is 46.0 Å². The van der Waals surface area contributed by atoms with Gasteiger partial charge in [0.15, 0.2) is 0 Å². The number of pyridine rings is 2. The Labute approximate surface area is 129 Å². The summed E-state index contributed by atoms with van der Waals surface area (Å²) in [5.74, 6) is 1.08. The Bertz CT molecular complexity index is 744. The third-order valence-electron chi connectivity index (χ3n) is 4.28. The van der Waals surface area contributed by atoms with Gasteiger partial charge in [-0.05, 0) is 29.8 Å². The van der Waals surface area contributed by atoms with E-state index < -0.39 is 0 Å². The van der Waals surface area contributed by atoms with E-state index in [1.165, 1.54) is 10.9 Å². The molecule has 0 radical (unpaired) electrons. The Morgan fingerprint density at radius 1 is 0.955 bits per heavy atom. The summed E-state index contributed by atoms with van der Waals surface area (Å²) in [6.07, 6.45) is 5.78. The number of fused-ring (bicyclic) bond motifs is 1. The standard InChI is InChI=1S/C17H19N5/c1-2-6-18-16(5-1)22-10-8-21(9-11-22)13-14-12-20-17-15(14)4-3-7-19-17/h1-7,12H,8-11,13H2,(H,19,20). The summed E-state index contributed by atoms with van der Waals surface area (Å²) in [7, 11) is 0. The molecule has 0 atom stereocenters. The summed E-state index contributed by atoms with van der Waals surface area (Å²) in [5.41, 5.74) is 2.30. The minimum atomic E-state index is 0.974. The van der Waals surface area contributed by atoms with Crippen molar-refractivity contribution in [3.8, 4) is 0 Å². The number of anilines is 1. The maximum absolute atomic E-state index is 4.44. The molecule has 3 aromatic rings. The number of aromatic amines is 1. The van der Waals surface area contributed by atoms with Crippen LogP contribution in [0.1, 0.15) is 5.56 Å². The van der Waals surface area contributed by atoms with Gasteiger partial charge in [0.2, 0.25) is 0 Å². The maximum atomic E-state index is 4.44. The molecule has 0 bridgehead atoms. The molecule has 112 valence electrons. The molecule has 0 aliphatic carbocycles. The highest BCUT2D eigenvalue weighted by Gasteiger charge is 2.18. The van der Waals surface area contributed by atoms with E-state index >= 15 is 0 Å². The van der Waals surface area contributed by atoms with Crippen molar-refractivity contribution in [2.24, 2.45) is 0 Å². The number of nitrogens with one attached hydrogen (secondary N) is 1. The summed E-state index contributed by atoms with van der Waals surface area (Å²) < 4.78 is 0. The summed E-state index contributed by atoms with van der Waals surface area (Å²) >= 11 is 0. The number of piperazine rings is 1. The largest absolute Gasteiger partial charge is 0.354 e. The molecule has 4 heterocycles. The van der Waals surface area contributed by atoms with Gasteiger partial charge in [-0.3, -0.25) is 4.90 Å². The number of hydrogen-bond donors (Lipinski definition) is 1. The van der Waals surface area contributed by atoms with Crippen molar-refractivity contribution in [1.29, 1.82) is 0 Å². The lowest BCUT2D eigenvalue weighted by molar-refractivity contribution is 0.250. The van der Waals surface area contributed by atoms with Crippen molar-refractivity contribution in [2.45, 2.75) is 6.54 Å². The summed E-state index contributed by atoms with van der Waals surface area (Å²) in [5, 5.41) is 1.23. The molecule has 0 unspecified atom stereocenters. The van der Waals surface area contributed by atoms with Crippen molar-refractivity contribution in [3.05, 3.63) is 54.5 Å². The van der Waals surface area contributed by atoms with Crippen LogP contribution < -0.4 is 4.90 Å². The van der Waals surface area contributed by atoms with Crippen LogP contribution in [0.15, 0.2) is 48.9 Å². The lowest BCUT2D eigenvalue weighted by Gasteiger charge is -2.35. The zero-order valence-corrected chi connectivity index (χ0v) is 12.4. The normalized spacial score (nSPS) is 16.3. The van der Waals surface area contributed by atoms with Crippen molar-refractivity contribution in [2.75, 3.05) is 31.1 Å². The van der Waals surface area contributed by atoms with Crippen molar-refractivity contribution in [3.63, 3.8) is 0 Å². The van der Waals surface area contributed by atoms with Gasteiger partial charge >= 0.3 is 0 Å². The van der Waals surface area contributed by atoms with Gasteiger partial charge in [0.1, 0.15) is 11.5 Å². The number of aromatic nitrogens is 3. The first kappa shape index (κ1) is 13.3. The van der Waals surface area contributed by atoms with Crippen molar-refractivity contribution >= 4 is 16.9 Å². The fourth-order valence-corrected chi connectivity index (χ4v) is 3.06. The predicted octanol–water partition coefficient (Wildman–Crippen LogP) is 2.28. The van der Waals surface area contributed by atoms with E-state index in [0.717, 1.165) is 44.2 Å². The van der Waals surface area contributed by atoms with Gasteiger partial charge < -0.3 is 9.88 Å². The van der Waals surface area contributed by atoms with Gasteiger partial charge in [-0.25, -0.2) is 9.97 Å². The van der Waals surface area contributed by atoms with Gasteiger partial charge in [-0.15, -0.1) is 0 Å². The average molecular weight is 293 g/mol. The van der Waals surface area contributed by atoms with Gasteiger partial charge in [-0.2, -0.15) is 0 Å². The smallest absolute Gasteiger partial charge is 0.137 e. The Morgan fingerprint density at radius 2 is 1.82 bits per heavy atom. The molecule has 0 amide bonds. The van der Waals surface area contributed by atoms with Gasteiger partial charge in [0.05, 0.1) is 0 Å². The molecule has 0 aromatic carbocycles. The molecule has 0 spiro atoms. The van der Waals surface area contributed by atoms with Crippen LogP contribution in [0.4, 0.5) is 5.82 Å². The third kappa shape index (κ3) is 2.55. The number of H-pyrrole nitrogens is 1. The average Bonchev–Trinajstić information content (AvgIpc) is 3.00. The monoisotopic (exact) mass is 293 g/mol. The SMILES string of the molecule is c1ccc(N2CCN(Cc3c[nH]c4ncccc34)CC2)nc1. The van der Waals surface area contributed by atoms with Gasteiger partial charge in [-0.1, -0.05) is 6.07 Å². The first-order valence-electron chi connectivity index (χ1n) is 7.69. The highest BCUT2D eigenvalue weighted by molar-refractivity contribution is 5.79. The molecule has 22 heavy (non-hydrogen) atoms. The van der Waals surface area contributed by atoms with Gasteiger partial charge in [0.25, 0.3) is 0 Å². The zero-order valence-electron chi connectivity index (χ0n) is 12.4. The maximum Gasteiger partial charge on any atom is 0.137 e. The summed E-state index contributed by atoms with van der Waals surface area (Å²) in [6, 6.07) is 10.2. The van der Waals surface area contributed by atoms with Crippen LogP contribution in [0.5, 0.6) is 0 Å². The van der Waals surface area contributed by atoms with E-state index in [1.54, 1.807) is 0 Å². The lowest BCUT2D eigenvalue weighted by Crippen LogP contribution is -2.46. The quantitative estimate of drug-likeness (QED) is 0.805. The second-order valence-electron chi connectivity index (χ2n) is 5.66. The molecule has 1 N–H and O–H groups in total. The third-order valence-corrected chi connectivity index (χ3v) is 4.28. The Hall–Kier alpha value is -2.40. The van der Waals surface area contributed by atoms with E-state index in [0.29, 0.717) is 0 Å². The highest BCUT2D eigenvalue weighted by Crippen LogP contribution is 2.19. The summed E-state index contributed by atoms with van der Waals surface area (Å²) in [4.78, 5) is 16.9.